The first kappa shape index (κ1) is 23.8. The van der Waals surface area contributed by atoms with Gasteiger partial charge in [-0.1, -0.05) is 6.07 Å². The number of fused-ring (bicyclic) bond motifs is 2. The molecule has 37 heavy (non-hydrogen) atoms. The molecule has 9 heteroatoms. The largest absolute Gasteiger partial charge is 0.396 e. The van der Waals surface area contributed by atoms with Gasteiger partial charge in [0.25, 0.3) is 5.91 Å². The van der Waals surface area contributed by atoms with Crippen LogP contribution < -0.4 is 5.32 Å². The number of carbonyl (C=O) groups is 3. The number of amides is 3. The van der Waals surface area contributed by atoms with Gasteiger partial charge >= 0.3 is 0 Å². The molecule has 0 spiro atoms. The Morgan fingerprint density at radius 2 is 1.92 bits per heavy atom. The van der Waals surface area contributed by atoms with Gasteiger partial charge in [0.15, 0.2) is 0 Å². The van der Waals surface area contributed by atoms with Crippen molar-refractivity contribution in [3.8, 4) is 11.3 Å². The number of aliphatic hydroxyl groups is 1. The second-order valence-electron chi connectivity index (χ2n) is 10.2. The Kier molecular flexibility index (Phi) is 6.26. The molecule has 5 heterocycles. The molecule has 192 valence electrons. The number of pyridine rings is 1. The maximum absolute atomic E-state index is 13.1. The van der Waals surface area contributed by atoms with Gasteiger partial charge in [-0.2, -0.15) is 0 Å². The highest BCUT2D eigenvalue weighted by Gasteiger charge is 2.39. The highest BCUT2D eigenvalue weighted by atomic mass is 16.3. The predicted molar refractivity (Wildman–Crippen MR) is 137 cm³/mol. The van der Waals surface area contributed by atoms with Crippen LogP contribution in [-0.2, 0) is 29.2 Å². The molecular weight excluding hydrogens is 470 g/mol. The summed E-state index contributed by atoms with van der Waals surface area (Å²) < 4.78 is 2.19. The monoisotopic (exact) mass is 501 g/mol. The Bertz CT molecular complexity index is 1390. The summed E-state index contributed by atoms with van der Waals surface area (Å²) in [4.78, 5) is 46.1. The topological polar surface area (TPSA) is 108 Å². The van der Waals surface area contributed by atoms with Crippen molar-refractivity contribution in [1.29, 1.82) is 0 Å². The zero-order chi connectivity index (χ0) is 25.5. The van der Waals surface area contributed by atoms with E-state index in [1.807, 2.05) is 30.5 Å². The number of hydrogen-bond acceptors (Lipinski definition) is 6. The summed E-state index contributed by atoms with van der Waals surface area (Å²) in [6.45, 7) is 4.26. The molecule has 2 N–H and O–H groups in total. The van der Waals surface area contributed by atoms with Gasteiger partial charge in [-0.05, 0) is 74.2 Å². The van der Waals surface area contributed by atoms with Gasteiger partial charge in [-0.25, -0.2) is 4.98 Å². The van der Waals surface area contributed by atoms with E-state index >= 15 is 0 Å². The maximum Gasteiger partial charge on any atom is 0.255 e. The molecule has 0 bridgehead atoms. The Morgan fingerprint density at radius 3 is 2.70 bits per heavy atom. The third-order valence-corrected chi connectivity index (χ3v) is 7.77. The molecule has 1 atom stereocenters. The third kappa shape index (κ3) is 4.42. The second kappa shape index (κ2) is 9.72. The first-order valence-corrected chi connectivity index (χ1v) is 13.1. The van der Waals surface area contributed by atoms with E-state index < -0.39 is 11.9 Å². The lowest BCUT2D eigenvalue weighted by Crippen LogP contribution is -2.52. The van der Waals surface area contributed by atoms with E-state index in [4.69, 9.17) is 4.98 Å². The van der Waals surface area contributed by atoms with Gasteiger partial charge in [0.2, 0.25) is 11.8 Å². The van der Waals surface area contributed by atoms with Crippen LogP contribution in [-0.4, -0.2) is 67.9 Å². The SMILES string of the molecule is O=C1CCC(N2Cc3cc(-c4cc(CN5CCCC5)c5c(ccn5CCCO)n4)ccc3C2=O)C(=O)N1. The van der Waals surface area contributed by atoms with E-state index in [1.54, 1.807) is 4.90 Å². The summed E-state index contributed by atoms with van der Waals surface area (Å²) in [6.07, 6.45) is 5.76. The zero-order valence-electron chi connectivity index (χ0n) is 20.8. The standard InChI is InChI=1S/C28H31N5O4/c34-13-3-11-32-12-8-22-26(32)20(16-31-9-1-2-10-31)15-23(29-22)18-4-5-21-19(14-18)17-33(28(21)37)24-6-7-25(35)30-27(24)36/h4-5,8,12,14-15,24,34H,1-3,6-7,9-11,13,16-17H2,(H,30,35,36). The van der Waals surface area contributed by atoms with Crippen LogP contribution in [0.4, 0.5) is 0 Å². The summed E-state index contributed by atoms with van der Waals surface area (Å²) in [6, 6.07) is 9.34. The van der Waals surface area contributed by atoms with Crippen molar-refractivity contribution in [2.75, 3.05) is 19.7 Å². The molecule has 2 aromatic heterocycles. The van der Waals surface area contributed by atoms with E-state index in [9.17, 15) is 19.5 Å². The number of aryl methyl sites for hydroxylation is 1. The van der Waals surface area contributed by atoms with E-state index in [2.05, 4.69) is 20.9 Å². The highest BCUT2D eigenvalue weighted by molar-refractivity contribution is 6.05. The van der Waals surface area contributed by atoms with Crippen molar-refractivity contribution < 1.29 is 19.5 Å². The number of benzene rings is 1. The number of hydrogen-bond donors (Lipinski definition) is 2. The number of nitrogens with zero attached hydrogens (tertiary/aromatic N) is 4. The quantitative estimate of drug-likeness (QED) is 0.482. The lowest BCUT2D eigenvalue weighted by Gasteiger charge is -2.29. The number of aliphatic hydroxyl groups excluding tert-OH is 1. The fourth-order valence-corrected chi connectivity index (χ4v) is 5.91. The average molecular weight is 502 g/mol. The first-order valence-electron chi connectivity index (χ1n) is 13.1. The van der Waals surface area contributed by atoms with Gasteiger partial charge < -0.3 is 14.6 Å². The minimum absolute atomic E-state index is 0.149. The van der Waals surface area contributed by atoms with Crippen LogP contribution in [0.5, 0.6) is 0 Å². The maximum atomic E-state index is 13.1. The van der Waals surface area contributed by atoms with Gasteiger partial charge in [-0.15, -0.1) is 0 Å². The lowest BCUT2D eigenvalue weighted by molar-refractivity contribution is -0.136. The van der Waals surface area contributed by atoms with Crippen molar-refractivity contribution in [3.63, 3.8) is 0 Å². The van der Waals surface area contributed by atoms with Crippen molar-refractivity contribution >= 4 is 28.8 Å². The first-order chi connectivity index (χ1) is 18.0. The summed E-state index contributed by atoms with van der Waals surface area (Å²) in [5.74, 6) is -0.860. The van der Waals surface area contributed by atoms with Gasteiger partial charge in [-0.3, -0.25) is 24.6 Å². The van der Waals surface area contributed by atoms with Crippen LogP contribution >= 0.6 is 0 Å². The van der Waals surface area contributed by atoms with Crippen molar-refractivity contribution in [3.05, 3.63) is 53.2 Å². The number of nitrogens with one attached hydrogen (secondary N) is 1. The molecule has 2 saturated heterocycles. The van der Waals surface area contributed by atoms with Crippen LogP contribution in [0, 0.1) is 0 Å². The molecule has 1 aromatic carbocycles. The summed E-state index contributed by atoms with van der Waals surface area (Å²) in [5, 5.41) is 11.7. The molecule has 3 amide bonds. The Hall–Kier alpha value is -3.56. The normalized spacial score (nSPS) is 20.2. The number of aromatic nitrogens is 2. The Morgan fingerprint density at radius 1 is 1.08 bits per heavy atom. The fraction of sp³-hybridized carbons (Fsp3) is 0.429. The van der Waals surface area contributed by atoms with Crippen LogP contribution in [0.3, 0.4) is 0 Å². The zero-order valence-corrected chi connectivity index (χ0v) is 20.8. The number of piperidine rings is 1. The van der Waals surface area contributed by atoms with Crippen LogP contribution in [0.15, 0.2) is 36.5 Å². The number of imide groups is 1. The van der Waals surface area contributed by atoms with Gasteiger partial charge in [0.1, 0.15) is 6.04 Å². The second-order valence-corrected chi connectivity index (χ2v) is 10.2. The van der Waals surface area contributed by atoms with Gasteiger partial charge in [0.05, 0.1) is 16.7 Å². The fourth-order valence-electron chi connectivity index (χ4n) is 5.91. The molecule has 3 aromatic rings. The molecule has 2 fully saturated rings. The number of carbonyl (C=O) groups excluding carboxylic acids is 3. The molecule has 1 unspecified atom stereocenters. The van der Waals surface area contributed by atoms with E-state index in [0.717, 1.165) is 54.0 Å². The summed E-state index contributed by atoms with van der Waals surface area (Å²) >= 11 is 0. The minimum atomic E-state index is -0.624. The molecule has 0 saturated carbocycles. The lowest BCUT2D eigenvalue weighted by atomic mass is 10.0. The van der Waals surface area contributed by atoms with Gasteiger partial charge in [0, 0.05) is 50.0 Å². The van der Waals surface area contributed by atoms with Crippen molar-refractivity contribution in [2.45, 2.75) is 57.8 Å². The van der Waals surface area contributed by atoms with Crippen LogP contribution in [0.1, 0.15) is 53.6 Å². The molecule has 3 aliphatic rings. The van der Waals surface area contributed by atoms with Crippen molar-refractivity contribution in [1.82, 2.24) is 24.7 Å². The molecule has 9 nitrogen and oxygen atoms in total. The molecule has 3 aliphatic heterocycles. The average Bonchev–Trinajstić information content (AvgIpc) is 3.62. The summed E-state index contributed by atoms with van der Waals surface area (Å²) in [7, 11) is 0. The number of likely N-dealkylation sites (tertiary alicyclic amines) is 1. The van der Waals surface area contributed by atoms with E-state index in [0.29, 0.717) is 24.9 Å². The number of rotatable bonds is 7. The Balaban J connectivity index is 1.33. The van der Waals surface area contributed by atoms with Crippen LogP contribution in [0.2, 0.25) is 0 Å². The molecule has 0 radical (unpaired) electrons. The molecule has 0 aliphatic carbocycles. The predicted octanol–water partition coefficient (Wildman–Crippen LogP) is 2.44. The van der Waals surface area contributed by atoms with Crippen molar-refractivity contribution in [2.24, 2.45) is 0 Å². The third-order valence-electron chi connectivity index (χ3n) is 7.77. The summed E-state index contributed by atoms with van der Waals surface area (Å²) in [5.41, 5.74) is 6.51. The van der Waals surface area contributed by atoms with Crippen LogP contribution in [0.25, 0.3) is 22.3 Å². The molecular formula is C28H31N5O4. The highest BCUT2D eigenvalue weighted by Crippen LogP contribution is 2.33. The Labute approximate surface area is 215 Å². The van der Waals surface area contributed by atoms with E-state index in [-0.39, 0.29) is 24.8 Å². The smallest absolute Gasteiger partial charge is 0.255 e. The minimum Gasteiger partial charge on any atom is -0.396 e. The molecule has 6 rings (SSSR count). The van der Waals surface area contributed by atoms with E-state index in [1.165, 1.54) is 18.4 Å².